The van der Waals surface area contributed by atoms with E-state index in [0.717, 1.165) is 23.5 Å². The van der Waals surface area contributed by atoms with Gasteiger partial charge in [0.05, 0.1) is 17.6 Å². The Hall–Kier alpha value is -5.02. The zero-order chi connectivity index (χ0) is 32.0. The number of ether oxygens (including phenoxy) is 2. The fraction of sp³-hybridized carbons (Fsp3) is 0.241. The van der Waals surface area contributed by atoms with Crippen molar-refractivity contribution in [2.75, 3.05) is 33.1 Å². The molecule has 44 heavy (non-hydrogen) atoms. The van der Waals surface area contributed by atoms with Crippen LogP contribution >= 0.6 is 11.3 Å². The van der Waals surface area contributed by atoms with E-state index in [1.165, 1.54) is 37.4 Å². The van der Waals surface area contributed by atoms with Crippen LogP contribution in [0.1, 0.15) is 32.3 Å². The number of amides is 2. The number of rotatable bonds is 12. The first-order valence-corrected chi connectivity index (χ1v) is 13.9. The lowest BCUT2D eigenvalue weighted by Crippen LogP contribution is -2.23. The highest BCUT2D eigenvalue weighted by Gasteiger charge is 2.31. The molecule has 12 nitrogen and oxygen atoms in total. The number of carbonyl (C=O) groups excluding carboxylic acids is 2. The smallest absolute Gasteiger partial charge is 0.404 e. The molecule has 0 aliphatic carbocycles. The van der Waals surface area contributed by atoms with E-state index in [4.69, 9.17) is 15.2 Å². The van der Waals surface area contributed by atoms with Crippen molar-refractivity contribution < 1.29 is 32.8 Å². The first kappa shape index (κ1) is 31.9. The number of methoxy groups -OCH3 is 1. The summed E-state index contributed by atoms with van der Waals surface area (Å²) < 4.78 is 39.8. The van der Waals surface area contributed by atoms with Gasteiger partial charge in [0.2, 0.25) is 5.88 Å². The number of non-ortho nitro benzene ring substituents is 1. The Kier molecular flexibility index (Phi) is 10.1. The highest BCUT2D eigenvalue weighted by atomic mass is 32.1. The lowest BCUT2D eigenvalue weighted by molar-refractivity contribution is -0.384. The summed E-state index contributed by atoms with van der Waals surface area (Å²) >= 11 is 1.14. The summed E-state index contributed by atoms with van der Waals surface area (Å²) in [5.41, 5.74) is 6.11. The Morgan fingerprint density at radius 3 is 2.30 bits per heavy atom. The van der Waals surface area contributed by atoms with Gasteiger partial charge in [-0.05, 0) is 62.0 Å². The van der Waals surface area contributed by atoms with Crippen molar-refractivity contribution in [1.29, 1.82) is 0 Å². The lowest BCUT2D eigenvalue weighted by atomic mass is 9.92. The summed E-state index contributed by atoms with van der Waals surface area (Å²) in [6.45, 7) is -0.162. The Bertz CT molecular complexity index is 1640. The molecule has 0 fully saturated rings. The second-order valence-corrected chi connectivity index (χ2v) is 10.9. The second-order valence-electron chi connectivity index (χ2n) is 9.84. The van der Waals surface area contributed by atoms with Gasteiger partial charge >= 0.3 is 6.09 Å². The topological polar surface area (TPSA) is 163 Å². The number of anilines is 1. The van der Waals surface area contributed by atoms with Gasteiger partial charge in [0.25, 0.3) is 11.6 Å². The minimum Gasteiger partial charge on any atom is -0.480 e. The maximum Gasteiger partial charge on any atom is 0.404 e. The maximum atomic E-state index is 14.8. The van der Waals surface area contributed by atoms with Crippen LogP contribution in [0.5, 0.6) is 5.88 Å². The predicted molar refractivity (Wildman–Crippen MR) is 159 cm³/mol. The third kappa shape index (κ3) is 7.48. The standard InChI is InChI=1S/C29H28F2N6O6S/c1-36(2)14-20-25(28(38)33-23-11-12-24(42-3)35-34-23)27(44-26(20)16-7-9-18(10-8-16)37(40)41)17(15-43-29(32)39)13-19-21(30)5-4-6-22(19)31/h4-12,17H,13-15H2,1-3H3,(H2,32,39)(H,33,34,38). The summed E-state index contributed by atoms with van der Waals surface area (Å²) in [7, 11) is 4.99. The Balaban J connectivity index is 1.93. The number of aromatic nitrogens is 2. The van der Waals surface area contributed by atoms with Crippen LogP contribution in [0.3, 0.4) is 0 Å². The summed E-state index contributed by atoms with van der Waals surface area (Å²) in [6, 6.07) is 12.2. The van der Waals surface area contributed by atoms with E-state index < -0.39 is 41.1 Å². The zero-order valence-corrected chi connectivity index (χ0v) is 24.7. The second kappa shape index (κ2) is 14.0. The number of nitrogens with zero attached hydrogens (tertiary/aromatic N) is 4. The van der Waals surface area contributed by atoms with Crippen molar-refractivity contribution in [1.82, 2.24) is 15.1 Å². The van der Waals surface area contributed by atoms with E-state index >= 15 is 0 Å². The molecule has 4 rings (SSSR count). The number of nitrogens with one attached hydrogen (secondary N) is 1. The first-order chi connectivity index (χ1) is 21.0. The number of nitro groups is 1. The molecular weight excluding hydrogens is 598 g/mol. The Labute approximate surface area is 254 Å². The van der Waals surface area contributed by atoms with E-state index in [9.17, 15) is 28.5 Å². The van der Waals surface area contributed by atoms with Crippen LogP contribution < -0.4 is 15.8 Å². The molecule has 3 N–H and O–H groups in total. The number of primary amides is 1. The minimum atomic E-state index is -1.11. The molecule has 0 spiro atoms. The van der Waals surface area contributed by atoms with Crippen LogP contribution in [0.2, 0.25) is 0 Å². The van der Waals surface area contributed by atoms with Gasteiger partial charge in [0.1, 0.15) is 18.2 Å². The Morgan fingerprint density at radius 2 is 1.75 bits per heavy atom. The molecule has 15 heteroatoms. The average Bonchev–Trinajstić information content (AvgIpc) is 3.35. The number of hydrogen-bond acceptors (Lipinski definition) is 10. The van der Waals surface area contributed by atoms with Crippen LogP contribution in [0, 0.1) is 21.7 Å². The zero-order valence-electron chi connectivity index (χ0n) is 23.9. The molecule has 0 saturated heterocycles. The van der Waals surface area contributed by atoms with Crippen molar-refractivity contribution in [3.8, 4) is 16.3 Å². The summed E-state index contributed by atoms with van der Waals surface area (Å²) in [5, 5.41) is 21.8. The molecule has 0 aliphatic rings. The van der Waals surface area contributed by atoms with Crippen molar-refractivity contribution in [2.45, 2.75) is 18.9 Å². The molecule has 2 aromatic carbocycles. The minimum absolute atomic E-state index is 0.103. The third-order valence-corrected chi connectivity index (χ3v) is 7.92. The van der Waals surface area contributed by atoms with Gasteiger partial charge in [-0.15, -0.1) is 21.5 Å². The van der Waals surface area contributed by atoms with Gasteiger partial charge in [0, 0.05) is 46.0 Å². The van der Waals surface area contributed by atoms with Gasteiger partial charge in [-0.1, -0.05) is 6.07 Å². The first-order valence-electron chi connectivity index (χ1n) is 13.1. The third-order valence-electron chi connectivity index (χ3n) is 6.48. The van der Waals surface area contributed by atoms with E-state index in [-0.39, 0.29) is 41.5 Å². The molecule has 2 heterocycles. The molecule has 2 aromatic heterocycles. The Morgan fingerprint density at radius 1 is 1.07 bits per heavy atom. The van der Waals surface area contributed by atoms with Crippen LogP contribution in [0.25, 0.3) is 10.4 Å². The highest BCUT2D eigenvalue weighted by Crippen LogP contribution is 2.43. The largest absolute Gasteiger partial charge is 0.480 e. The number of hydrogen-bond donors (Lipinski definition) is 2. The van der Waals surface area contributed by atoms with Crippen molar-refractivity contribution in [2.24, 2.45) is 5.73 Å². The van der Waals surface area contributed by atoms with E-state index in [1.54, 1.807) is 26.2 Å². The molecule has 0 aliphatic heterocycles. The molecule has 0 bridgehead atoms. The van der Waals surface area contributed by atoms with E-state index in [2.05, 4.69) is 15.5 Å². The van der Waals surface area contributed by atoms with E-state index in [0.29, 0.717) is 20.9 Å². The summed E-state index contributed by atoms with van der Waals surface area (Å²) in [5.74, 6) is -2.83. The number of thiophene rings is 1. The quantitative estimate of drug-likeness (QED) is 0.160. The molecule has 4 aromatic rings. The molecular formula is C29H28F2N6O6S. The van der Waals surface area contributed by atoms with Crippen LogP contribution in [0.15, 0.2) is 54.6 Å². The molecule has 230 valence electrons. The van der Waals surface area contributed by atoms with Crippen LogP contribution in [-0.4, -0.2) is 59.8 Å². The monoisotopic (exact) mass is 626 g/mol. The van der Waals surface area contributed by atoms with Crippen molar-refractivity contribution in [3.63, 3.8) is 0 Å². The average molecular weight is 627 g/mol. The van der Waals surface area contributed by atoms with Gasteiger partial charge in [-0.3, -0.25) is 14.9 Å². The highest BCUT2D eigenvalue weighted by molar-refractivity contribution is 7.16. The SMILES string of the molecule is COc1ccc(NC(=O)c2c(C(COC(N)=O)Cc3c(F)cccc3F)sc(-c3ccc([N+](=O)[O-])cc3)c2CN(C)C)nn1. The number of nitrogens with two attached hydrogens (primary N) is 1. The van der Waals surface area contributed by atoms with Gasteiger partial charge in [-0.25, -0.2) is 13.6 Å². The van der Waals surface area contributed by atoms with E-state index in [1.807, 2.05) is 4.90 Å². The van der Waals surface area contributed by atoms with Crippen LogP contribution in [0.4, 0.5) is 25.1 Å². The summed E-state index contributed by atoms with van der Waals surface area (Å²) in [6.07, 6.45) is -1.39. The van der Waals surface area contributed by atoms with Gasteiger partial charge in [0.15, 0.2) is 5.82 Å². The van der Waals surface area contributed by atoms with Crippen molar-refractivity contribution in [3.05, 3.63) is 97.9 Å². The van der Waals surface area contributed by atoms with Crippen molar-refractivity contribution >= 4 is 34.8 Å². The fourth-order valence-corrected chi connectivity index (χ4v) is 5.91. The predicted octanol–water partition coefficient (Wildman–Crippen LogP) is 5.14. The van der Waals surface area contributed by atoms with Crippen LogP contribution in [-0.2, 0) is 17.7 Å². The van der Waals surface area contributed by atoms with Gasteiger partial charge in [-0.2, -0.15) is 0 Å². The summed E-state index contributed by atoms with van der Waals surface area (Å²) in [4.78, 5) is 39.2. The molecule has 1 unspecified atom stereocenters. The number of nitro benzene ring substituents is 1. The maximum absolute atomic E-state index is 14.8. The lowest BCUT2D eigenvalue weighted by Gasteiger charge is -2.19. The fourth-order valence-electron chi connectivity index (χ4n) is 4.51. The molecule has 0 radical (unpaired) electrons. The number of carbonyl (C=O) groups is 2. The molecule has 1 atom stereocenters. The molecule has 2 amide bonds. The number of benzene rings is 2. The normalized spacial score (nSPS) is 11.7. The molecule has 0 saturated carbocycles. The number of halogens is 2. The van der Waals surface area contributed by atoms with Gasteiger partial charge < -0.3 is 25.4 Å².